The monoisotopic (exact) mass is 208 g/mol. The molecule has 0 spiro atoms. The van der Waals surface area contributed by atoms with Crippen molar-refractivity contribution in [3.05, 3.63) is 29.8 Å². The molecule has 1 rings (SSSR count). The maximum absolute atomic E-state index is 10.8. The van der Waals surface area contributed by atoms with Crippen LogP contribution in [0.1, 0.15) is 5.56 Å². The van der Waals surface area contributed by atoms with Crippen molar-refractivity contribution in [1.29, 1.82) is 0 Å². The third kappa shape index (κ3) is 3.02. The Hall–Kier alpha value is -1.97. The molecule has 0 saturated carbocycles. The zero-order chi connectivity index (χ0) is 11.3. The average Bonchev–Trinajstić information content (AvgIpc) is 2.27. The molecule has 80 valence electrons. The molecular formula is C11H12O4. The summed E-state index contributed by atoms with van der Waals surface area (Å²) in [5.41, 5.74) is 0.745. The smallest absolute Gasteiger partial charge is 0.330 e. The van der Waals surface area contributed by atoms with Gasteiger partial charge in [-0.15, -0.1) is 0 Å². The normalized spacial score (nSPS) is 10.3. The molecule has 0 aliphatic carbocycles. The Kier molecular flexibility index (Phi) is 3.74. The first-order valence-corrected chi connectivity index (χ1v) is 4.30. The van der Waals surface area contributed by atoms with Crippen LogP contribution in [0.2, 0.25) is 0 Å². The lowest BCUT2D eigenvalue weighted by Gasteiger charge is -2.03. The van der Waals surface area contributed by atoms with Gasteiger partial charge in [0.05, 0.1) is 14.2 Å². The van der Waals surface area contributed by atoms with Crippen molar-refractivity contribution >= 4 is 12.0 Å². The van der Waals surface area contributed by atoms with Crippen LogP contribution >= 0.6 is 0 Å². The molecule has 0 aliphatic heterocycles. The molecule has 0 amide bonds. The number of esters is 1. The van der Waals surface area contributed by atoms with Crippen LogP contribution in [0.15, 0.2) is 24.3 Å². The number of rotatable bonds is 3. The minimum Gasteiger partial charge on any atom is -0.504 e. The highest BCUT2D eigenvalue weighted by Crippen LogP contribution is 2.26. The first-order chi connectivity index (χ1) is 7.17. The summed E-state index contributed by atoms with van der Waals surface area (Å²) in [4.78, 5) is 10.8. The minimum absolute atomic E-state index is 0.0627. The van der Waals surface area contributed by atoms with E-state index in [4.69, 9.17) is 4.74 Å². The number of hydrogen-bond donors (Lipinski definition) is 1. The summed E-state index contributed by atoms with van der Waals surface area (Å²) in [6.45, 7) is 0. The Morgan fingerprint density at radius 3 is 2.73 bits per heavy atom. The molecule has 0 aromatic heterocycles. The topological polar surface area (TPSA) is 55.8 Å². The molecule has 15 heavy (non-hydrogen) atoms. The predicted octanol–water partition coefficient (Wildman–Crippen LogP) is 1.59. The van der Waals surface area contributed by atoms with Crippen LogP contribution in [0.5, 0.6) is 11.5 Å². The van der Waals surface area contributed by atoms with Gasteiger partial charge in [-0.2, -0.15) is 0 Å². The summed E-state index contributed by atoms with van der Waals surface area (Å²) < 4.78 is 9.36. The van der Waals surface area contributed by atoms with Crippen molar-refractivity contribution in [2.45, 2.75) is 0 Å². The van der Waals surface area contributed by atoms with E-state index >= 15 is 0 Å². The second-order valence-electron chi connectivity index (χ2n) is 2.79. The Labute approximate surface area is 87.7 Å². The second-order valence-corrected chi connectivity index (χ2v) is 2.79. The predicted molar refractivity (Wildman–Crippen MR) is 55.7 cm³/mol. The Bertz CT molecular complexity index is 382. The highest BCUT2D eigenvalue weighted by Gasteiger charge is 2.00. The number of methoxy groups -OCH3 is 2. The molecule has 0 heterocycles. The van der Waals surface area contributed by atoms with Crippen molar-refractivity contribution in [2.24, 2.45) is 0 Å². The molecule has 4 heteroatoms. The molecule has 0 radical (unpaired) electrons. The lowest BCUT2D eigenvalue weighted by molar-refractivity contribution is -0.134. The van der Waals surface area contributed by atoms with Gasteiger partial charge in [0, 0.05) is 6.08 Å². The number of ether oxygens (including phenoxy) is 2. The molecule has 0 bridgehead atoms. The third-order valence-electron chi connectivity index (χ3n) is 1.82. The molecule has 0 saturated heterocycles. The van der Waals surface area contributed by atoms with E-state index in [2.05, 4.69) is 4.74 Å². The number of carbonyl (C=O) groups excluding carboxylic acids is 1. The molecule has 0 atom stereocenters. The van der Waals surface area contributed by atoms with Crippen molar-refractivity contribution in [1.82, 2.24) is 0 Å². The molecular weight excluding hydrogens is 196 g/mol. The first-order valence-electron chi connectivity index (χ1n) is 4.30. The lowest BCUT2D eigenvalue weighted by Crippen LogP contribution is -1.93. The number of phenols is 1. The van der Waals surface area contributed by atoms with Gasteiger partial charge in [0.25, 0.3) is 0 Å². The van der Waals surface area contributed by atoms with Gasteiger partial charge in [-0.05, 0) is 23.8 Å². The fourth-order valence-corrected chi connectivity index (χ4v) is 1.03. The van der Waals surface area contributed by atoms with E-state index in [0.29, 0.717) is 5.75 Å². The number of phenolic OH excluding ortho intramolecular Hbond substituents is 1. The second kappa shape index (κ2) is 5.05. The highest BCUT2D eigenvalue weighted by molar-refractivity contribution is 5.87. The van der Waals surface area contributed by atoms with Gasteiger partial charge in [0.15, 0.2) is 11.5 Å². The maximum Gasteiger partial charge on any atom is 0.330 e. The molecule has 1 aromatic rings. The zero-order valence-corrected chi connectivity index (χ0v) is 8.56. The molecule has 0 fully saturated rings. The van der Waals surface area contributed by atoms with E-state index in [9.17, 15) is 9.90 Å². The van der Waals surface area contributed by atoms with Crippen LogP contribution in [0, 0.1) is 0 Å². The van der Waals surface area contributed by atoms with Crippen LogP contribution in [-0.4, -0.2) is 25.3 Å². The number of carbonyl (C=O) groups is 1. The van der Waals surface area contributed by atoms with Gasteiger partial charge < -0.3 is 14.6 Å². The third-order valence-corrected chi connectivity index (χ3v) is 1.82. The number of benzene rings is 1. The van der Waals surface area contributed by atoms with Crippen LogP contribution in [0.25, 0.3) is 6.08 Å². The standard InChI is InChI=1S/C11H12O4/c1-14-10-7-8(3-5-9(10)12)4-6-11(13)15-2/h3-7,12H,1-2H3/b6-4+. The Morgan fingerprint density at radius 1 is 1.40 bits per heavy atom. The molecule has 0 aliphatic rings. The molecule has 1 aromatic carbocycles. The summed E-state index contributed by atoms with van der Waals surface area (Å²) in [6.07, 6.45) is 2.87. The van der Waals surface area contributed by atoms with Gasteiger partial charge in [-0.1, -0.05) is 6.07 Å². The molecule has 0 unspecified atom stereocenters. The lowest BCUT2D eigenvalue weighted by atomic mass is 10.2. The van der Waals surface area contributed by atoms with Crippen LogP contribution < -0.4 is 4.74 Å². The van der Waals surface area contributed by atoms with E-state index in [0.717, 1.165) is 5.56 Å². The van der Waals surface area contributed by atoms with Crippen molar-refractivity contribution in [3.63, 3.8) is 0 Å². The van der Waals surface area contributed by atoms with Crippen molar-refractivity contribution < 1.29 is 19.4 Å². The maximum atomic E-state index is 10.8. The fourth-order valence-electron chi connectivity index (χ4n) is 1.03. The van der Waals surface area contributed by atoms with Gasteiger partial charge in [-0.3, -0.25) is 0 Å². The van der Waals surface area contributed by atoms with Gasteiger partial charge in [-0.25, -0.2) is 4.79 Å². The SMILES string of the molecule is COC(=O)/C=C/c1ccc(O)c(OC)c1. The fraction of sp³-hybridized carbons (Fsp3) is 0.182. The summed E-state index contributed by atoms with van der Waals surface area (Å²) in [6, 6.07) is 4.78. The van der Waals surface area contributed by atoms with Crippen LogP contribution in [0.3, 0.4) is 0 Å². The summed E-state index contributed by atoms with van der Waals surface area (Å²) >= 11 is 0. The highest BCUT2D eigenvalue weighted by atomic mass is 16.5. The summed E-state index contributed by atoms with van der Waals surface area (Å²) in [5, 5.41) is 9.32. The van der Waals surface area contributed by atoms with E-state index in [1.165, 1.54) is 26.4 Å². The van der Waals surface area contributed by atoms with Crippen LogP contribution in [-0.2, 0) is 9.53 Å². The quantitative estimate of drug-likeness (QED) is 0.605. The Balaban J connectivity index is 2.87. The Morgan fingerprint density at radius 2 is 2.13 bits per heavy atom. The van der Waals surface area contributed by atoms with Gasteiger partial charge in [0.1, 0.15) is 0 Å². The van der Waals surface area contributed by atoms with Crippen LogP contribution in [0.4, 0.5) is 0 Å². The first kappa shape index (κ1) is 11.1. The summed E-state index contributed by atoms with van der Waals surface area (Å²) in [5.74, 6) is -0.00299. The van der Waals surface area contributed by atoms with E-state index in [1.807, 2.05) is 0 Å². The van der Waals surface area contributed by atoms with Gasteiger partial charge in [0.2, 0.25) is 0 Å². The van der Waals surface area contributed by atoms with E-state index in [1.54, 1.807) is 18.2 Å². The number of aromatic hydroxyl groups is 1. The average molecular weight is 208 g/mol. The minimum atomic E-state index is -0.429. The van der Waals surface area contributed by atoms with Crippen molar-refractivity contribution in [2.75, 3.05) is 14.2 Å². The molecule has 1 N–H and O–H groups in total. The molecule has 4 nitrogen and oxygen atoms in total. The van der Waals surface area contributed by atoms with E-state index < -0.39 is 5.97 Å². The van der Waals surface area contributed by atoms with Gasteiger partial charge >= 0.3 is 5.97 Å². The largest absolute Gasteiger partial charge is 0.504 e. The van der Waals surface area contributed by atoms with Crippen molar-refractivity contribution in [3.8, 4) is 11.5 Å². The van der Waals surface area contributed by atoms with E-state index in [-0.39, 0.29) is 5.75 Å². The number of hydrogen-bond acceptors (Lipinski definition) is 4. The summed E-state index contributed by atoms with van der Waals surface area (Å²) in [7, 11) is 2.77. The zero-order valence-electron chi connectivity index (χ0n) is 8.56.